The quantitative estimate of drug-likeness (QED) is 0.175. The van der Waals surface area contributed by atoms with Crippen molar-refractivity contribution in [3.8, 4) is 5.75 Å². The maximum absolute atomic E-state index is 13.0. The minimum absolute atomic E-state index is 0.00738. The molecule has 2 aromatic carbocycles. The monoisotopic (exact) mass is 554 g/mol. The second kappa shape index (κ2) is 14.4. The van der Waals surface area contributed by atoms with Gasteiger partial charge in [0.2, 0.25) is 17.7 Å². The summed E-state index contributed by atoms with van der Waals surface area (Å²) in [5.74, 6) is -2.30. The van der Waals surface area contributed by atoms with Crippen LogP contribution in [-0.2, 0) is 27.1 Å². The van der Waals surface area contributed by atoms with E-state index < -0.39 is 54.1 Å². The molecule has 3 amide bonds. The first-order valence-electron chi connectivity index (χ1n) is 12.0. The Morgan fingerprint density at radius 3 is 2.00 bits per heavy atom. The molecule has 2 rings (SSSR count). The number of carbonyl (C=O) groups is 3. The average molecular weight is 555 g/mol. The molecule has 0 bridgehead atoms. The van der Waals surface area contributed by atoms with Gasteiger partial charge >= 0.3 is 6.18 Å². The third-order valence-corrected chi connectivity index (χ3v) is 5.76. The Labute approximate surface area is 223 Å². The number of halogens is 3. The van der Waals surface area contributed by atoms with Crippen LogP contribution >= 0.6 is 0 Å². The highest BCUT2D eigenvalue weighted by Gasteiger charge is 2.34. The topological polar surface area (TPSA) is 197 Å². The second-order valence-corrected chi connectivity index (χ2v) is 8.70. The molecule has 2 aromatic rings. The minimum atomic E-state index is -4.61. The molecule has 3 atom stereocenters. The number of hydrogen-bond acceptors (Lipinski definition) is 8. The van der Waals surface area contributed by atoms with E-state index in [-0.39, 0.29) is 44.0 Å². The minimum Gasteiger partial charge on any atom is -0.508 e. The van der Waals surface area contributed by atoms with Crippen LogP contribution in [0.5, 0.6) is 5.75 Å². The number of nitrogens with two attached hydrogens (primary N) is 3. The molecule has 11 nitrogen and oxygen atoms in total. The highest BCUT2D eigenvalue weighted by atomic mass is 19.4. The molecule has 14 heteroatoms. The van der Waals surface area contributed by atoms with Gasteiger partial charge in [-0.3, -0.25) is 14.4 Å². The van der Waals surface area contributed by atoms with Gasteiger partial charge < -0.3 is 42.9 Å². The van der Waals surface area contributed by atoms with E-state index in [2.05, 4.69) is 10.6 Å². The molecule has 0 spiro atoms. The van der Waals surface area contributed by atoms with Gasteiger partial charge in [0.25, 0.3) is 0 Å². The lowest BCUT2D eigenvalue weighted by Crippen LogP contribution is -2.55. The molecule has 2 unspecified atom stereocenters. The van der Waals surface area contributed by atoms with E-state index in [4.69, 9.17) is 17.2 Å². The molecule has 0 saturated carbocycles. The van der Waals surface area contributed by atoms with Gasteiger partial charge in [0.05, 0.1) is 18.0 Å². The van der Waals surface area contributed by atoms with Crippen molar-refractivity contribution in [1.29, 1.82) is 0 Å². The van der Waals surface area contributed by atoms with Gasteiger partial charge in [0.15, 0.2) is 0 Å². The number of benzene rings is 2. The summed E-state index contributed by atoms with van der Waals surface area (Å²) in [6, 6.07) is 6.22. The first-order valence-corrected chi connectivity index (χ1v) is 12.0. The van der Waals surface area contributed by atoms with Gasteiger partial charge in [-0.05, 0) is 35.4 Å². The SMILES string of the molecule is NCCN(CCN)C(=O)CC(N)C(=O)NC(C(=O)NCc1ccc(O)cc1)[C@H](O)c1ccc(C(F)(F)F)cc1. The van der Waals surface area contributed by atoms with Crippen molar-refractivity contribution >= 4 is 17.7 Å². The van der Waals surface area contributed by atoms with E-state index >= 15 is 0 Å². The van der Waals surface area contributed by atoms with Crippen molar-refractivity contribution in [3.05, 3.63) is 65.2 Å². The number of rotatable bonds is 13. The Kier molecular flexibility index (Phi) is 11.7. The van der Waals surface area contributed by atoms with Crippen molar-refractivity contribution in [2.75, 3.05) is 26.2 Å². The van der Waals surface area contributed by atoms with Crippen LogP contribution < -0.4 is 27.8 Å². The molecule has 39 heavy (non-hydrogen) atoms. The predicted molar refractivity (Wildman–Crippen MR) is 136 cm³/mol. The predicted octanol–water partition coefficient (Wildman–Crippen LogP) is -0.291. The molecule has 0 aliphatic rings. The molecular formula is C25H33F3N6O5. The van der Waals surface area contributed by atoms with Gasteiger partial charge in [-0.25, -0.2) is 0 Å². The van der Waals surface area contributed by atoms with Gasteiger partial charge in [0, 0.05) is 32.7 Å². The molecule has 0 radical (unpaired) electrons. The number of phenolic OH excluding ortho intramolecular Hbond substituents is 1. The van der Waals surface area contributed by atoms with Crippen LogP contribution in [0.25, 0.3) is 0 Å². The molecule has 0 aliphatic carbocycles. The number of nitrogens with zero attached hydrogens (tertiary/aromatic N) is 1. The molecule has 0 fully saturated rings. The standard InChI is InChI=1S/C25H33F3N6O5/c26-25(27,28)17-5-3-16(4-6-17)22(37)21(24(39)32-14-15-1-7-18(35)8-2-15)33-23(38)19(31)13-20(36)34(11-9-29)12-10-30/h1-8,19,21-22,35,37H,9-14,29-31H2,(H,32,39)(H,33,38)/t19?,21?,22-/m1/s1. The van der Waals surface area contributed by atoms with Crippen LogP contribution in [-0.4, -0.2) is 71.1 Å². The number of amides is 3. The summed E-state index contributed by atoms with van der Waals surface area (Å²) in [7, 11) is 0. The second-order valence-electron chi connectivity index (χ2n) is 8.70. The van der Waals surface area contributed by atoms with E-state index in [0.29, 0.717) is 5.56 Å². The van der Waals surface area contributed by atoms with Crippen molar-refractivity contribution < 1.29 is 37.8 Å². The third-order valence-electron chi connectivity index (χ3n) is 5.76. The summed E-state index contributed by atoms with van der Waals surface area (Å²) in [5.41, 5.74) is 16.4. The number of alkyl halides is 3. The summed E-state index contributed by atoms with van der Waals surface area (Å²) >= 11 is 0. The lowest BCUT2D eigenvalue weighted by Gasteiger charge is -2.26. The lowest BCUT2D eigenvalue weighted by atomic mass is 9.99. The van der Waals surface area contributed by atoms with Gasteiger partial charge in [-0.1, -0.05) is 24.3 Å². The van der Waals surface area contributed by atoms with Gasteiger partial charge in [-0.2, -0.15) is 13.2 Å². The fraction of sp³-hybridized carbons (Fsp3) is 0.400. The van der Waals surface area contributed by atoms with Crippen molar-refractivity contribution in [2.45, 2.75) is 37.3 Å². The zero-order valence-electron chi connectivity index (χ0n) is 21.0. The van der Waals surface area contributed by atoms with Gasteiger partial charge in [0.1, 0.15) is 17.9 Å². The van der Waals surface area contributed by atoms with Crippen molar-refractivity contribution in [2.24, 2.45) is 17.2 Å². The first kappa shape index (κ1) is 31.5. The average Bonchev–Trinajstić information content (AvgIpc) is 2.90. The number of phenols is 1. The maximum Gasteiger partial charge on any atom is 0.416 e. The lowest BCUT2D eigenvalue weighted by molar-refractivity contribution is -0.138. The Morgan fingerprint density at radius 1 is 0.923 bits per heavy atom. The summed E-state index contributed by atoms with van der Waals surface area (Å²) < 4.78 is 38.9. The molecular weight excluding hydrogens is 521 g/mol. The Bertz CT molecular complexity index is 1090. The zero-order chi connectivity index (χ0) is 29.2. The van der Waals surface area contributed by atoms with Crippen LogP contribution in [0.1, 0.15) is 29.2 Å². The Morgan fingerprint density at radius 2 is 1.49 bits per heavy atom. The Balaban J connectivity index is 2.21. The summed E-state index contributed by atoms with van der Waals surface area (Å²) in [6.45, 7) is 0.660. The Hall–Kier alpha value is -3.72. The molecule has 0 saturated heterocycles. The third kappa shape index (κ3) is 9.51. The van der Waals surface area contributed by atoms with Crippen molar-refractivity contribution in [3.63, 3.8) is 0 Å². The number of nitrogens with one attached hydrogen (secondary N) is 2. The highest BCUT2D eigenvalue weighted by Crippen LogP contribution is 2.30. The summed E-state index contributed by atoms with van der Waals surface area (Å²) in [6.07, 6.45) is -6.81. The van der Waals surface area contributed by atoms with E-state index in [0.717, 1.165) is 24.3 Å². The van der Waals surface area contributed by atoms with Crippen LogP contribution in [0.2, 0.25) is 0 Å². The molecule has 0 aliphatic heterocycles. The fourth-order valence-electron chi connectivity index (χ4n) is 3.61. The highest BCUT2D eigenvalue weighted by molar-refractivity contribution is 5.92. The zero-order valence-corrected chi connectivity index (χ0v) is 21.0. The van der Waals surface area contributed by atoms with Crippen LogP contribution in [0.4, 0.5) is 13.2 Å². The van der Waals surface area contributed by atoms with Crippen LogP contribution in [0.3, 0.4) is 0 Å². The maximum atomic E-state index is 13.0. The normalized spacial score (nSPS) is 13.7. The number of aliphatic hydroxyl groups is 1. The number of aromatic hydroxyl groups is 1. The number of hydrogen-bond donors (Lipinski definition) is 7. The van der Waals surface area contributed by atoms with Crippen LogP contribution in [0.15, 0.2) is 48.5 Å². The molecule has 0 aromatic heterocycles. The van der Waals surface area contributed by atoms with E-state index in [1.165, 1.54) is 29.2 Å². The molecule has 214 valence electrons. The molecule has 0 heterocycles. The van der Waals surface area contributed by atoms with E-state index in [1.807, 2.05) is 0 Å². The fourth-order valence-corrected chi connectivity index (χ4v) is 3.61. The number of carbonyl (C=O) groups excluding carboxylic acids is 3. The molecule has 10 N–H and O–H groups in total. The van der Waals surface area contributed by atoms with Crippen LogP contribution in [0, 0.1) is 0 Å². The summed E-state index contributed by atoms with van der Waals surface area (Å²) in [4.78, 5) is 39.7. The largest absolute Gasteiger partial charge is 0.508 e. The van der Waals surface area contributed by atoms with E-state index in [9.17, 15) is 37.8 Å². The first-order chi connectivity index (χ1) is 18.4. The summed E-state index contributed by atoms with van der Waals surface area (Å²) in [5, 5.41) is 25.1. The smallest absolute Gasteiger partial charge is 0.416 e. The van der Waals surface area contributed by atoms with Crippen molar-refractivity contribution in [1.82, 2.24) is 15.5 Å². The van der Waals surface area contributed by atoms with Gasteiger partial charge in [-0.15, -0.1) is 0 Å². The number of aliphatic hydroxyl groups excluding tert-OH is 1. The van der Waals surface area contributed by atoms with E-state index in [1.54, 1.807) is 0 Å².